The van der Waals surface area contributed by atoms with Crippen LogP contribution in [0.5, 0.6) is 0 Å². The van der Waals surface area contributed by atoms with Gasteiger partial charge >= 0.3 is 0 Å². The van der Waals surface area contributed by atoms with Gasteiger partial charge in [-0.15, -0.1) is 0 Å². The van der Waals surface area contributed by atoms with Crippen molar-refractivity contribution in [2.45, 2.75) is 13.8 Å². The molecule has 0 radical (unpaired) electrons. The number of methoxy groups -OCH3 is 1. The van der Waals surface area contributed by atoms with Gasteiger partial charge in [0, 0.05) is 25.2 Å². The molecule has 92 valence electrons. The van der Waals surface area contributed by atoms with Crippen molar-refractivity contribution in [3.05, 3.63) is 35.4 Å². The molecule has 0 aromatic carbocycles. The van der Waals surface area contributed by atoms with E-state index in [0.717, 1.165) is 36.8 Å². The Hall–Kier alpha value is -0.570. The van der Waals surface area contributed by atoms with E-state index in [1.165, 1.54) is 0 Å². The number of rotatable bonds is 8. The molecule has 3 heteroatoms. The van der Waals surface area contributed by atoms with Crippen LogP contribution in [0.25, 0.3) is 0 Å². The second-order valence-electron chi connectivity index (χ2n) is 3.46. The summed E-state index contributed by atoms with van der Waals surface area (Å²) in [5, 5.41) is 0.748. The molecule has 0 fully saturated rings. The molecule has 0 atom stereocenters. The Balaban J connectivity index is 4.38. The molecule has 0 unspecified atom stereocenters. The highest BCUT2D eigenvalue weighted by atomic mass is 35.5. The van der Waals surface area contributed by atoms with E-state index in [-0.39, 0.29) is 0 Å². The standard InChI is InChI=1S/C13H22ClNO/c1-5-12(10-13(14)6-2)11-15(7-3)8-9-16-4/h5-6,10H,1,7-9,11H2,2-4H3/b12-10+,13-6+. The predicted molar refractivity (Wildman–Crippen MR) is 71.9 cm³/mol. The zero-order chi connectivity index (χ0) is 12.4. The molecule has 0 aliphatic carbocycles. The van der Waals surface area contributed by atoms with Crippen LogP contribution in [0.15, 0.2) is 35.4 Å². The molecule has 0 saturated heterocycles. The van der Waals surface area contributed by atoms with Gasteiger partial charge in [-0.2, -0.15) is 0 Å². The predicted octanol–water partition coefficient (Wildman–Crippen LogP) is 3.21. The fraction of sp³-hybridized carbons (Fsp3) is 0.538. The van der Waals surface area contributed by atoms with Gasteiger partial charge in [-0.25, -0.2) is 0 Å². The topological polar surface area (TPSA) is 12.5 Å². The van der Waals surface area contributed by atoms with Gasteiger partial charge in [-0.05, 0) is 25.1 Å². The molecule has 0 aromatic rings. The van der Waals surface area contributed by atoms with Crippen molar-refractivity contribution < 1.29 is 4.74 Å². The van der Waals surface area contributed by atoms with Crippen molar-refractivity contribution in [1.29, 1.82) is 0 Å². The quantitative estimate of drug-likeness (QED) is 0.607. The van der Waals surface area contributed by atoms with E-state index in [9.17, 15) is 0 Å². The van der Waals surface area contributed by atoms with Gasteiger partial charge in [0.25, 0.3) is 0 Å². The van der Waals surface area contributed by atoms with Gasteiger partial charge in [0.2, 0.25) is 0 Å². The highest BCUT2D eigenvalue weighted by molar-refractivity contribution is 6.31. The zero-order valence-corrected chi connectivity index (χ0v) is 11.3. The Bertz CT molecular complexity index is 259. The fourth-order valence-corrected chi connectivity index (χ4v) is 1.40. The molecule has 0 aromatic heterocycles. The lowest BCUT2D eigenvalue weighted by Crippen LogP contribution is -2.29. The molecule has 0 saturated carbocycles. The molecule has 0 spiro atoms. The molecule has 0 rings (SSSR count). The second-order valence-corrected chi connectivity index (χ2v) is 3.89. The lowest BCUT2D eigenvalue weighted by molar-refractivity contribution is 0.156. The molecule has 2 nitrogen and oxygen atoms in total. The summed E-state index contributed by atoms with van der Waals surface area (Å²) in [5.74, 6) is 0. The fourth-order valence-electron chi connectivity index (χ4n) is 1.26. The van der Waals surface area contributed by atoms with E-state index in [1.807, 2.05) is 25.2 Å². The van der Waals surface area contributed by atoms with E-state index in [4.69, 9.17) is 16.3 Å². The molecule has 0 bridgehead atoms. The smallest absolute Gasteiger partial charge is 0.0589 e. The van der Waals surface area contributed by atoms with E-state index in [2.05, 4.69) is 18.4 Å². The van der Waals surface area contributed by atoms with Gasteiger partial charge in [-0.1, -0.05) is 37.3 Å². The van der Waals surface area contributed by atoms with Crippen molar-refractivity contribution in [3.8, 4) is 0 Å². The van der Waals surface area contributed by atoms with Crippen LogP contribution in [0.3, 0.4) is 0 Å². The molecule has 0 aliphatic rings. The van der Waals surface area contributed by atoms with Crippen LogP contribution in [0.2, 0.25) is 0 Å². The number of likely N-dealkylation sites (N-methyl/N-ethyl adjacent to an activating group) is 1. The largest absolute Gasteiger partial charge is 0.383 e. The summed E-state index contributed by atoms with van der Waals surface area (Å²) in [5.41, 5.74) is 1.13. The molecular weight excluding hydrogens is 222 g/mol. The Labute approximate surface area is 104 Å². The number of hydrogen-bond acceptors (Lipinski definition) is 2. The summed E-state index contributed by atoms with van der Waals surface area (Å²) in [7, 11) is 1.72. The van der Waals surface area contributed by atoms with Crippen molar-refractivity contribution in [1.82, 2.24) is 4.90 Å². The normalized spacial score (nSPS) is 13.3. The first-order valence-corrected chi connectivity index (χ1v) is 5.91. The monoisotopic (exact) mass is 243 g/mol. The van der Waals surface area contributed by atoms with Crippen molar-refractivity contribution >= 4 is 11.6 Å². The van der Waals surface area contributed by atoms with Crippen LogP contribution in [0, 0.1) is 0 Å². The zero-order valence-electron chi connectivity index (χ0n) is 10.5. The minimum atomic E-state index is 0.746. The van der Waals surface area contributed by atoms with Crippen LogP contribution in [-0.4, -0.2) is 38.3 Å². The number of allylic oxidation sites excluding steroid dienone is 3. The SMILES string of the molecule is C=C/C(=C\C(Cl)=C/C)CN(CC)CCOC. The van der Waals surface area contributed by atoms with Crippen molar-refractivity contribution in [3.63, 3.8) is 0 Å². The third-order valence-electron chi connectivity index (χ3n) is 2.33. The van der Waals surface area contributed by atoms with Crippen LogP contribution in [-0.2, 0) is 4.74 Å². The lowest BCUT2D eigenvalue weighted by Gasteiger charge is -2.20. The van der Waals surface area contributed by atoms with Gasteiger partial charge < -0.3 is 4.74 Å². The first-order valence-electron chi connectivity index (χ1n) is 5.54. The number of hydrogen-bond donors (Lipinski definition) is 0. The van der Waals surface area contributed by atoms with E-state index >= 15 is 0 Å². The summed E-state index contributed by atoms with van der Waals surface area (Å²) in [6.07, 6.45) is 5.67. The Morgan fingerprint density at radius 2 is 2.19 bits per heavy atom. The van der Waals surface area contributed by atoms with E-state index in [1.54, 1.807) is 7.11 Å². The van der Waals surface area contributed by atoms with Gasteiger partial charge in [0.15, 0.2) is 0 Å². The molecule has 16 heavy (non-hydrogen) atoms. The lowest BCUT2D eigenvalue weighted by atomic mass is 10.2. The summed E-state index contributed by atoms with van der Waals surface area (Å²) in [4.78, 5) is 2.29. The number of ether oxygens (including phenoxy) is 1. The van der Waals surface area contributed by atoms with Crippen LogP contribution in [0.1, 0.15) is 13.8 Å². The Kier molecular flexibility index (Phi) is 9.30. The summed E-state index contributed by atoms with van der Waals surface area (Å²) >= 11 is 5.96. The summed E-state index contributed by atoms with van der Waals surface area (Å²) in [6, 6.07) is 0. The van der Waals surface area contributed by atoms with Gasteiger partial charge in [0.1, 0.15) is 0 Å². The molecule has 0 amide bonds. The second kappa shape index (κ2) is 9.64. The molecule has 0 heterocycles. The average molecular weight is 244 g/mol. The Morgan fingerprint density at radius 1 is 1.50 bits per heavy atom. The highest BCUT2D eigenvalue weighted by Crippen LogP contribution is 2.09. The minimum absolute atomic E-state index is 0.746. The molecule has 0 N–H and O–H groups in total. The van der Waals surface area contributed by atoms with E-state index in [0.29, 0.717) is 0 Å². The van der Waals surface area contributed by atoms with Crippen molar-refractivity contribution in [2.75, 3.05) is 33.4 Å². The maximum absolute atomic E-state index is 5.96. The van der Waals surface area contributed by atoms with Crippen LogP contribution in [0.4, 0.5) is 0 Å². The van der Waals surface area contributed by atoms with Crippen LogP contribution >= 0.6 is 11.6 Å². The van der Waals surface area contributed by atoms with Crippen LogP contribution < -0.4 is 0 Å². The first kappa shape index (κ1) is 15.4. The summed E-state index contributed by atoms with van der Waals surface area (Å²) in [6.45, 7) is 11.4. The number of halogens is 1. The third kappa shape index (κ3) is 6.83. The molecule has 0 aliphatic heterocycles. The van der Waals surface area contributed by atoms with Gasteiger partial charge in [0.05, 0.1) is 6.61 Å². The first-order chi connectivity index (χ1) is 7.67. The number of nitrogens with zero attached hydrogens (tertiary/aromatic N) is 1. The Morgan fingerprint density at radius 3 is 2.62 bits per heavy atom. The maximum Gasteiger partial charge on any atom is 0.0589 e. The minimum Gasteiger partial charge on any atom is -0.383 e. The summed E-state index contributed by atoms with van der Waals surface area (Å²) < 4.78 is 5.07. The van der Waals surface area contributed by atoms with E-state index < -0.39 is 0 Å². The third-order valence-corrected chi connectivity index (χ3v) is 2.65. The average Bonchev–Trinajstić information content (AvgIpc) is 2.32. The van der Waals surface area contributed by atoms with Crippen molar-refractivity contribution in [2.24, 2.45) is 0 Å². The highest BCUT2D eigenvalue weighted by Gasteiger charge is 2.03. The van der Waals surface area contributed by atoms with Gasteiger partial charge in [-0.3, -0.25) is 4.90 Å². The molecular formula is C13H22ClNO. The maximum atomic E-state index is 5.96.